The lowest BCUT2D eigenvalue weighted by atomic mass is 10.3. The summed E-state index contributed by atoms with van der Waals surface area (Å²) in [7, 11) is 0. The molecule has 5 rings (SSSR count). The summed E-state index contributed by atoms with van der Waals surface area (Å²) in [5, 5.41) is 18.1. The van der Waals surface area contributed by atoms with Crippen molar-refractivity contribution in [3.63, 3.8) is 0 Å². The third kappa shape index (κ3) is 9.91. The lowest BCUT2D eigenvalue weighted by Crippen LogP contribution is -1.92. The lowest BCUT2D eigenvalue weighted by molar-refractivity contribution is 1.09. The molecule has 0 unspecified atom stereocenters. The topological polar surface area (TPSA) is 60.5 Å². The van der Waals surface area contributed by atoms with Gasteiger partial charge in [0.05, 0.1) is 57.4 Å². The Kier molecular flexibility index (Phi) is 14.7. The fraction of sp³-hybridized carbons (Fsp3) is 0.345. The van der Waals surface area contributed by atoms with Gasteiger partial charge in [0.1, 0.15) is 0 Å². The molecule has 0 aliphatic carbocycles. The summed E-state index contributed by atoms with van der Waals surface area (Å²) in [6, 6.07) is 11.0. The van der Waals surface area contributed by atoms with Gasteiger partial charge in [0.25, 0.3) is 0 Å². The lowest BCUT2D eigenvalue weighted by Gasteiger charge is -2.07. The third-order valence-corrected chi connectivity index (χ3v) is 23.3. The van der Waals surface area contributed by atoms with Gasteiger partial charge in [-0.25, -0.2) is 0 Å². The average Bonchev–Trinajstić information content (AvgIpc) is 3.78. The molecular formula is C29H27N3S12. The number of allylic oxidation sites excluding steroid dienone is 4. The van der Waals surface area contributed by atoms with Crippen LogP contribution in [0.25, 0.3) is 0 Å². The van der Waals surface area contributed by atoms with E-state index in [0.29, 0.717) is 12.8 Å². The number of hydrogen-bond donors (Lipinski definition) is 0. The maximum atomic E-state index is 9.07. The number of thioether (sulfide) groups is 12. The van der Waals surface area contributed by atoms with Crippen molar-refractivity contribution < 1.29 is 0 Å². The van der Waals surface area contributed by atoms with Gasteiger partial charge in [-0.3, -0.25) is 4.98 Å². The number of hydrogen-bond acceptors (Lipinski definition) is 15. The quantitative estimate of drug-likeness (QED) is 0.188. The van der Waals surface area contributed by atoms with Gasteiger partial charge in [-0.2, -0.15) is 10.5 Å². The predicted octanol–water partition coefficient (Wildman–Crippen LogP) is 13.8. The highest BCUT2D eigenvalue weighted by molar-refractivity contribution is 8.43. The Bertz CT molecular complexity index is 1440. The molecule has 15 heteroatoms. The van der Waals surface area contributed by atoms with Crippen LogP contribution in [0.15, 0.2) is 71.7 Å². The first-order valence-electron chi connectivity index (χ1n) is 13.3. The molecule has 0 aromatic carbocycles. The zero-order valence-corrected chi connectivity index (χ0v) is 34.0. The highest BCUT2D eigenvalue weighted by Crippen LogP contribution is 2.65. The highest BCUT2D eigenvalue weighted by atomic mass is 32.3. The molecule has 0 N–H and O–H groups in total. The Morgan fingerprint density at radius 3 is 1.25 bits per heavy atom. The molecule has 3 nitrogen and oxygen atoms in total. The normalized spacial score (nSPS) is 19.0. The first-order chi connectivity index (χ1) is 21.3. The molecule has 1 aromatic rings. The van der Waals surface area contributed by atoms with Crippen LogP contribution in [0.5, 0.6) is 0 Å². The fourth-order valence-electron chi connectivity index (χ4n) is 3.47. The molecule has 0 fully saturated rings. The van der Waals surface area contributed by atoms with Crippen molar-refractivity contribution in [3.05, 3.63) is 83.1 Å². The summed E-state index contributed by atoms with van der Waals surface area (Å²) in [5.41, 5.74) is 2.19. The molecule has 0 saturated carbocycles. The van der Waals surface area contributed by atoms with Gasteiger partial charge in [-0.05, 0) is 59.4 Å². The van der Waals surface area contributed by atoms with Crippen LogP contribution < -0.4 is 0 Å². The van der Waals surface area contributed by atoms with Crippen molar-refractivity contribution in [2.24, 2.45) is 0 Å². The van der Waals surface area contributed by atoms with E-state index in [4.69, 9.17) is 15.5 Å². The third-order valence-electron chi connectivity index (χ3n) is 5.84. The smallest absolute Gasteiger partial charge is 0.0717 e. The zero-order chi connectivity index (χ0) is 31.1. The molecule has 1 aromatic heterocycles. The van der Waals surface area contributed by atoms with E-state index in [1.165, 1.54) is 53.5 Å². The van der Waals surface area contributed by atoms with Crippen LogP contribution in [-0.2, 0) is 11.5 Å². The minimum atomic E-state index is 0.562. The van der Waals surface area contributed by atoms with Crippen LogP contribution in [0.1, 0.15) is 51.9 Å². The molecule has 0 bridgehead atoms. The summed E-state index contributed by atoms with van der Waals surface area (Å²) in [6.45, 7) is 8.80. The molecule has 0 saturated heterocycles. The first kappa shape index (κ1) is 36.1. The van der Waals surface area contributed by atoms with Gasteiger partial charge >= 0.3 is 0 Å². The van der Waals surface area contributed by atoms with Crippen molar-refractivity contribution in [1.29, 1.82) is 10.5 Å². The minimum Gasteiger partial charge on any atom is -0.256 e. The van der Waals surface area contributed by atoms with Crippen LogP contribution in [0, 0.1) is 22.7 Å². The van der Waals surface area contributed by atoms with Gasteiger partial charge < -0.3 is 0 Å². The summed E-state index contributed by atoms with van der Waals surface area (Å²) in [5.74, 6) is 3.29. The summed E-state index contributed by atoms with van der Waals surface area (Å²) in [4.78, 5) is 10.6. The number of nitrogens with zero attached hydrogens (tertiary/aromatic N) is 3. The maximum absolute atomic E-state index is 9.07. The predicted molar refractivity (Wildman–Crippen MR) is 218 cm³/mol. The van der Waals surface area contributed by atoms with E-state index in [2.05, 4.69) is 58.0 Å². The van der Waals surface area contributed by atoms with Crippen LogP contribution >= 0.6 is 141 Å². The van der Waals surface area contributed by atoms with E-state index in [1.54, 1.807) is 0 Å². The summed E-state index contributed by atoms with van der Waals surface area (Å²) in [6.07, 6.45) is 1.12. The van der Waals surface area contributed by atoms with Crippen molar-refractivity contribution in [2.45, 2.75) is 52.0 Å². The van der Waals surface area contributed by atoms with E-state index >= 15 is 0 Å². The monoisotopic (exact) mass is 801 g/mol. The van der Waals surface area contributed by atoms with Crippen LogP contribution in [0.2, 0.25) is 0 Å². The van der Waals surface area contributed by atoms with E-state index in [-0.39, 0.29) is 0 Å². The second-order valence-corrected chi connectivity index (χ2v) is 24.3. The van der Waals surface area contributed by atoms with Gasteiger partial charge in [0, 0.05) is 35.9 Å². The van der Waals surface area contributed by atoms with E-state index in [1.807, 2.05) is 141 Å². The number of rotatable bonds is 12. The van der Waals surface area contributed by atoms with Crippen LogP contribution in [-0.4, -0.2) is 16.5 Å². The second kappa shape index (κ2) is 18.0. The number of nitriles is 2. The van der Waals surface area contributed by atoms with E-state index < -0.39 is 0 Å². The first-order valence-corrected chi connectivity index (χ1v) is 23.8. The molecule has 0 spiro atoms. The molecule has 4 aliphatic heterocycles. The molecule has 44 heavy (non-hydrogen) atoms. The van der Waals surface area contributed by atoms with Crippen molar-refractivity contribution in [1.82, 2.24) is 4.98 Å². The minimum absolute atomic E-state index is 0.562. The zero-order valence-electron chi connectivity index (χ0n) is 24.2. The second-order valence-electron chi connectivity index (χ2n) is 9.05. The van der Waals surface area contributed by atoms with Gasteiger partial charge in [0.2, 0.25) is 0 Å². The largest absolute Gasteiger partial charge is 0.256 e. The van der Waals surface area contributed by atoms with Crippen LogP contribution in [0.4, 0.5) is 0 Å². The average molecular weight is 802 g/mol. The molecule has 4 aliphatic rings. The van der Waals surface area contributed by atoms with E-state index in [9.17, 15) is 0 Å². The van der Waals surface area contributed by atoms with Gasteiger partial charge in [-0.15, -0.1) is 47.0 Å². The Morgan fingerprint density at radius 2 is 0.886 bits per heavy atom. The van der Waals surface area contributed by atoms with E-state index in [0.717, 1.165) is 34.4 Å². The molecule has 0 atom stereocenters. The van der Waals surface area contributed by atoms with Crippen molar-refractivity contribution >= 4 is 141 Å². The number of pyridine rings is 1. The summed E-state index contributed by atoms with van der Waals surface area (Å²) < 4.78 is 10.8. The Morgan fingerprint density at radius 1 is 0.545 bits per heavy atom. The SMILES string of the molecule is CC1=C(C)SC(=C2SC(SCCC#N)=C(SCc3cccc(CSC4=C(SCCC#N)SC(=C5SC(C)=C(C)S5)S4)n3)S2)S1. The van der Waals surface area contributed by atoms with Crippen LogP contribution in [0.3, 0.4) is 0 Å². The highest BCUT2D eigenvalue weighted by Gasteiger charge is 2.30. The van der Waals surface area contributed by atoms with Crippen molar-refractivity contribution in [3.8, 4) is 12.1 Å². The van der Waals surface area contributed by atoms with Gasteiger partial charge in [-0.1, -0.05) is 100 Å². The molecular weight excluding hydrogens is 775 g/mol. The molecule has 5 heterocycles. The fourth-order valence-corrected chi connectivity index (χ4v) is 20.4. The Labute approximate surface area is 312 Å². The Balaban J connectivity index is 1.22. The maximum Gasteiger partial charge on any atom is 0.0717 e. The standard InChI is InChI=1S/C29H27N3S12/c1-16-17(2)38-26(37-16)28-41-22(33-12-6-10-30)24(43-28)35-14-20-8-5-9-21(32-20)15-36-25-23(34-13-7-11-31)42-29(44-25)27-39-18(3)19(4)40-27/h5,8-9H,6-7,12-15H2,1-4H3. The summed E-state index contributed by atoms with van der Waals surface area (Å²) >= 11 is 22.4. The molecule has 0 radical (unpaired) electrons. The molecule has 0 amide bonds. The molecule has 230 valence electrons. The Hall–Kier alpha value is 0.770. The van der Waals surface area contributed by atoms with Crippen molar-refractivity contribution in [2.75, 3.05) is 11.5 Å². The number of aromatic nitrogens is 1. The van der Waals surface area contributed by atoms with Gasteiger partial charge in [0.15, 0.2) is 0 Å².